The Bertz CT molecular complexity index is 709. The standard InChI is InChI=1S/C19H27ClN4O/c1-4-5-6-16(12-21)22-19(25)11-18-13(2)23-24(14(18)3)17-9-7-15(20)8-10-17/h7-10,16H,4-6,11-12,21H2,1-3H3,(H,22,25). The summed E-state index contributed by atoms with van der Waals surface area (Å²) < 4.78 is 1.85. The van der Waals surface area contributed by atoms with Gasteiger partial charge in [-0.15, -0.1) is 0 Å². The second kappa shape index (κ2) is 9.02. The van der Waals surface area contributed by atoms with Crippen LogP contribution >= 0.6 is 11.6 Å². The largest absolute Gasteiger partial charge is 0.352 e. The highest BCUT2D eigenvalue weighted by Crippen LogP contribution is 2.20. The highest BCUT2D eigenvalue weighted by molar-refractivity contribution is 6.30. The first kappa shape index (κ1) is 19.5. The molecule has 2 aromatic rings. The molecule has 3 N–H and O–H groups in total. The highest BCUT2D eigenvalue weighted by atomic mass is 35.5. The van der Waals surface area contributed by atoms with Crippen LogP contribution < -0.4 is 11.1 Å². The lowest BCUT2D eigenvalue weighted by Gasteiger charge is -2.16. The number of carbonyl (C=O) groups excluding carboxylic acids is 1. The number of halogens is 1. The number of amides is 1. The maximum absolute atomic E-state index is 12.4. The number of carbonyl (C=O) groups is 1. The van der Waals surface area contributed by atoms with Crippen LogP contribution in [0.5, 0.6) is 0 Å². The molecule has 1 atom stereocenters. The summed E-state index contributed by atoms with van der Waals surface area (Å²) in [5.41, 5.74) is 9.48. The molecule has 0 aliphatic rings. The molecule has 2 rings (SSSR count). The number of hydrogen-bond acceptors (Lipinski definition) is 3. The van der Waals surface area contributed by atoms with Gasteiger partial charge < -0.3 is 11.1 Å². The van der Waals surface area contributed by atoms with E-state index in [0.717, 1.165) is 41.9 Å². The summed E-state index contributed by atoms with van der Waals surface area (Å²) >= 11 is 5.95. The van der Waals surface area contributed by atoms with Crippen LogP contribution in [0.2, 0.25) is 5.02 Å². The van der Waals surface area contributed by atoms with Gasteiger partial charge in [0.15, 0.2) is 0 Å². The van der Waals surface area contributed by atoms with E-state index in [2.05, 4.69) is 17.3 Å². The Morgan fingerprint density at radius 1 is 1.32 bits per heavy atom. The number of aromatic nitrogens is 2. The van der Waals surface area contributed by atoms with Gasteiger partial charge in [0.25, 0.3) is 0 Å². The summed E-state index contributed by atoms with van der Waals surface area (Å²) in [5, 5.41) is 8.31. The molecule has 0 saturated carbocycles. The van der Waals surface area contributed by atoms with Crippen molar-refractivity contribution >= 4 is 17.5 Å². The van der Waals surface area contributed by atoms with Gasteiger partial charge in [0, 0.05) is 28.9 Å². The summed E-state index contributed by atoms with van der Waals surface area (Å²) in [5.74, 6) is -0.00610. The van der Waals surface area contributed by atoms with Crippen LogP contribution in [-0.2, 0) is 11.2 Å². The van der Waals surface area contributed by atoms with Crippen molar-refractivity contribution in [1.82, 2.24) is 15.1 Å². The molecule has 0 spiro atoms. The van der Waals surface area contributed by atoms with Crippen LogP contribution in [0.25, 0.3) is 5.69 Å². The lowest BCUT2D eigenvalue weighted by Crippen LogP contribution is -2.41. The van der Waals surface area contributed by atoms with Gasteiger partial charge in [-0.1, -0.05) is 31.4 Å². The van der Waals surface area contributed by atoms with E-state index in [4.69, 9.17) is 17.3 Å². The van der Waals surface area contributed by atoms with Crippen LogP contribution in [0, 0.1) is 13.8 Å². The van der Waals surface area contributed by atoms with Crippen molar-refractivity contribution in [1.29, 1.82) is 0 Å². The zero-order valence-corrected chi connectivity index (χ0v) is 15.9. The number of hydrogen-bond donors (Lipinski definition) is 2. The third-order valence-corrected chi connectivity index (χ3v) is 4.66. The Morgan fingerprint density at radius 2 is 2.00 bits per heavy atom. The molecule has 25 heavy (non-hydrogen) atoms. The lowest BCUT2D eigenvalue weighted by molar-refractivity contribution is -0.121. The highest BCUT2D eigenvalue weighted by Gasteiger charge is 2.17. The third-order valence-electron chi connectivity index (χ3n) is 4.41. The van der Waals surface area contributed by atoms with Gasteiger partial charge in [0.05, 0.1) is 17.8 Å². The van der Waals surface area contributed by atoms with Gasteiger partial charge in [-0.2, -0.15) is 5.10 Å². The fourth-order valence-electron chi connectivity index (χ4n) is 2.90. The number of benzene rings is 1. The minimum atomic E-state index is -0.00610. The molecule has 0 aliphatic carbocycles. The van der Waals surface area contributed by atoms with E-state index in [1.165, 1.54) is 0 Å². The molecule has 1 heterocycles. The molecule has 0 radical (unpaired) electrons. The first-order valence-corrected chi connectivity index (χ1v) is 9.14. The van der Waals surface area contributed by atoms with Crippen LogP contribution in [0.15, 0.2) is 24.3 Å². The molecule has 1 aromatic carbocycles. The van der Waals surface area contributed by atoms with Gasteiger partial charge in [0.1, 0.15) is 0 Å². The zero-order valence-electron chi connectivity index (χ0n) is 15.2. The molecule has 0 saturated heterocycles. The van der Waals surface area contributed by atoms with Crippen molar-refractivity contribution in [2.75, 3.05) is 6.54 Å². The molecule has 0 aliphatic heterocycles. The van der Waals surface area contributed by atoms with Crippen molar-refractivity contribution in [2.45, 2.75) is 52.5 Å². The number of nitrogens with one attached hydrogen (secondary N) is 1. The maximum atomic E-state index is 12.4. The molecule has 0 fully saturated rings. The molecular formula is C19H27ClN4O. The summed E-state index contributed by atoms with van der Waals surface area (Å²) in [4.78, 5) is 12.4. The smallest absolute Gasteiger partial charge is 0.224 e. The maximum Gasteiger partial charge on any atom is 0.224 e. The van der Waals surface area contributed by atoms with Crippen LogP contribution in [-0.4, -0.2) is 28.3 Å². The minimum Gasteiger partial charge on any atom is -0.352 e. The van der Waals surface area contributed by atoms with Crippen LogP contribution in [0.1, 0.15) is 43.1 Å². The van der Waals surface area contributed by atoms with E-state index in [0.29, 0.717) is 18.0 Å². The monoisotopic (exact) mass is 362 g/mol. The molecule has 5 nitrogen and oxygen atoms in total. The lowest BCUT2D eigenvalue weighted by atomic mass is 10.1. The van der Waals surface area contributed by atoms with Crippen molar-refractivity contribution < 1.29 is 4.79 Å². The van der Waals surface area contributed by atoms with E-state index >= 15 is 0 Å². The van der Waals surface area contributed by atoms with E-state index in [9.17, 15) is 4.79 Å². The first-order valence-electron chi connectivity index (χ1n) is 8.76. The van der Waals surface area contributed by atoms with E-state index in [1.807, 2.05) is 42.8 Å². The predicted molar refractivity (Wildman–Crippen MR) is 102 cm³/mol. The normalized spacial score (nSPS) is 12.2. The van der Waals surface area contributed by atoms with Gasteiger partial charge in [-0.25, -0.2) is 4.68 Å². The number of unbranched alkanes of at least 4 members (excludes halogenated alkanes) is 1. The van der Waals surface area contributed by atoms with Gasteiger partial charge in [-0.05, 0) is 44.5 Å². The van der Waals surface area contributed by atoms with Crippen molar-refractivity contribution in [3.63, 3.8) is 0 Å². The Balaban J connectivity index is 2.12. The molecular weight excluding hydrogens is 336 g/mol. The first-order chi connectivity index (χ1) is 12.0. The zero-order chi connectivity index (χ0) is 18.4. The third kappa shape index (κ3) is 5.06. The SMILES string of the molecule is CCCCC(CN)NC(=O)Cc1c(C)nn(-c2ccc(Cl)cc2)c1C. The minimum absolute atomic E-state index is 0.00610. The van der Waals surface area contributed by atoms with Crippen LogP contribution in [0.3, 0.4) is 0 Å². The number of aryl methyl sites for hydroxylation is 1. The van der Waals surface area contributed by atoms with Gasteiger partial charge in [0.2, 0.25) is 5.91 Å². The van der Waals surface area contributed by atoms with Crippen molar-refractivity contribution in [3.05, 3.63) is 46.2 Å². The van der Waals surface area contributed by atoms with Crippen molar-refractivity contribution in [3.8, 4) is 5.69 Å². The van der Waals surface area contributed by atoms with Crippen molar-refractivity contribution in [2.24, 2.45) is 5.73 Å². The average molecular weight is 363 g/mol. The Labute approximate surface area is 154 Å². The van der Waals surface area contributed by atoms with Crippen LogP contribution in [0.4, 0.5) is 0 Å². The van der Waals surface area contributed by atoms with E-state index in [1.54, 1.807) is 0 Å². The fourth-order valence-corrected chi connectivity index (χ4v) is 3.03. The predicted octanol–water partition coefficient (Wildman–Crippen LogP) is 3.32. The van der Waals surface area contributed by atoms with E-state index in [-0.39, 0.29) is 11.9 Å². The van der Waals surface area contributed by atoms with Gasteiger partial charge in [-0.3, -0.25) is 4.79 Å². The Morgan fingerprint density at radius 3 is 2.60 bits per heavy atom. The van der Waals surface area contributed by atoms with E-state index < -0.39 is 0 Å². The summed E-state index contributed by atoms with van der Waals surface area (Å²) in [6.07, 6.45) is 3.39. The van der Waals surface area contributed by atoms with Gasteiger partial charge >= 0.3 is 0 Å². The molecule has 1 unspecified atom stereocenters. The summed E-state index contributed by atoms with van der Waals surface area (Å²) in [7, 11) is 0. The second-order valence-corrected chi connectivity index (χ2v) is 6.79. The average Bonchev–Trinajstić information content (AvgIpc) is 2.87. The molecule has 136 valence electrons. The Kier molecular flexibility index (Phi) is 7.02. The molecule has 6 heteroatoms. The molecule has 1 amide bonds. The quantitative estimate of drug-likeness (QED) is 0.756. The second-order valence-electron chi connectivity index (χ2n) is 6.36. The number of rotatable bonds is 8. The summed E-state index contributed by atoms with van der Waals surface area (Å²) in [6, 6.07) is 7.54. The number of nitrogens with two attached hydrogens (primary N) is 1. The number of nitrogens with zero attached hydrogens (tertiary/aromatic N) is 2. The fraction of sp³-hybridized carbons (Fsp3) is 0.474. The topological polar surface area (TPSA) is 72.9 Å². The molecule has 0 bridgehead atoms. The Hall–Kier alpha value is -1.85. The summed E-state index contributed by atoms with van der Waals surface area (Å²) in [6.45, 7) is 6.51. The molecule has 1 aromatic heterocycles.